The van der Waals surface area contributed by atoms with Gasteiger partial charge in [0, 0.05) is 13.2 Å². The molecule has 0 bridgehead atoms. The Bertz CT molecular complexity index is 106. The summed E-state index contributed by atoms with van der Waals surface area (Å²) < 4.78 is 5.38. The zero-order valence-electron chi connectivity index (χ0n) is 6.47. The van der Waals surface area contributed by atoms with E-state index >= 15 is 0 Å². The van der Waals surface area contributed by atoms with Gasteiger partial charge in [-0.15, -0.1) is 0 Å². The highest BCUT2D eigenvalue weighted by atomic mass is 16.5. The Labute approximate surface area is 62.3 Å². The Hall–Kier alpha value is -0.340. The van der Waals surface area contributed by atoms with Crippen LogP contribution in [-0.4, -0.2) is 26.3 Å². The number of likely N-dealkylation sites (N-methyl/N-ethyl adjacent to an activating group) is 1. The molecule has 1 N–H and O–H groups in total. The molecule has 2 nitrogen and oxygen atoms in total. The first-order valence-electron chi connectivity index (χ1n) is 3.86. The van der Waals surface area contributed by atoms with Crippen LogP contribution in [0.25, 0.3) is 0 Å². The van der Waals surface area contributed by atoms with Crippen LogP contribution in [0, 0.1) is 0 Å². The monoisotopic (exact) mass is 141 g/mol. The lowest BCUT2D eigenvalue weighted by molar-refractivity contribution is 0.145. The molecule has 1 aliphatic heterocycles. The smallest absolute Gasteiger partial charge is 0.0757 e. The van der Waals surface area contributed by atoms with Gasteiger partial charge < -0.3 is 10.1 Å². The molecule has 1 unspecified atom stereocenters. The number of hydrogen-bond acceptors (Lipinski definition) is 2. The SMILES string of the molecule is CNC/C=C/C1CCCO1. The first-order chi connectivity index (χ1) is 4.93. The molecule has 1 heterocycles. The standard InChI is InChI=1S/C8H15NO/c1-9-6-2-4-8-5-3-7-10-8/h2,4,8-9H,3,5-7H2,1H3/b4-2+. The summed E-state index contributed by atoms with van der Waals surface area (Å²) >= 11 is 0. The molecule has 2 heteroatoms. The van der Waals surface area contributed by atoms with Crippen LogP contribution in [0.5, 0.6) is 0 Å². The van der Waals surface area contributed by atoms with Gasteiger partial charge in [-0.25, -0.2) is 0 Å². The fourth-order valence-electron chi connectivity index (χ4n) is 1.09. The molecule has 10 heavy (non-hydrogen) atoms. The summed E-state index contributed by atoms with van der Waals surface area (Å²) in [6, 6.07) is 0. The number of ether oxygens (including phenoxy) is 1. The highest BCUT2D eigenvalue weighted by molar-refractivity contribution is 4.92. The van der Waals surface area contributed by atoms with Gasteiger partial charge in [-0.05, 0) is 19.9 Å². The maximum absolute atomic E-state index is 5.38. The lowest BCUT2D eigenvalue weighted by Crippen LogP contribution is -2.06. The minimum absolute atomic E-state index is 0.397. The second-order valence-corrected chi connectivity index (χ2v) is 2.54. The molecule has 0 amide bonds. The second-order valence-electron chi connectivity index (χ2n) is 2.54. The summed E-state index contributed by atoms with van der Waals surface area (Å²) in [6.45, 7) is 1.88. The number of nitrogens with one attached hydrogen (secondary N) is 1. The average molecular weight is 141 g/mol. The molecular formula is C8H15NO. The number of hydrogen-bond donors (Lipinski definition) is 1. The van der Waals surface area contributed by atoms with E-state index in [0.717, 1.165) is 13.2 Å². The third-order valence-corrected chi connectivity index (χ3v) is 1.64. The zero-order valence-corrected chi connectivity index (χ0v) is 6.47. The van der Waals surface area contributed by atoms with Crippen molar-refractivity contribution in [3.8, 4) is 0 Å². The highest BCUT2D eigenvalue weighted by Gasteiger charge is 2.10. The fourth-order valence-corrected chi connectivity index (χ4v) is 1.09. The largest absolute Gasteiger partial charge is 0.374 e. The van der Waals surface area contributed by atoms with Crippen LogP contribution < -0.4 is 5.32 Å². The predicted molar refractivity (Wildman–Crippen MR) is 42.0 cm³/mol. The third-order valence-electron chi connectivity index (χ3n) is 1.64. The van der Waals surface area contributed by atoms with Crippen molar-refractivity contribution in [3.63, 3.8) is 0 Å². The second kappa shape index (κ2) is 4.47. The summed E-state index contributed by atoms with van der Waals surface area (Å²) in [5.74, 6) is 0. The molecule has 0 saturated carbocycles. The van der Waals surface area contributed by atoms with E-state index in [9.17, 15) is 0 Å². The number of rotatable bonds is 3. The van der Waals surface area contributed by atoms with Crippen molar-refractivity contribution in [1.82, 2.24) is 5.32 Å². The normalized spacial score (nSPS) is 26.3. The molecule has 1 rings (SSSR count). The van der Waals surface area contributed by atoms with Crippen molar-refractivity contribution in [1.29, 1.82) is 0 Å². The maximum Gasteiger partial charge on any atom is 0.0757 e. The summed E-state index contributed by atoms with van der Waals surface area (Å²) in [6.07, 6.45) is 7.07. The molecule has 1 atom stereocenters. The molecular weight excluding hydrogens is 126 g/mol. The third kappa shape index (κ3) is 2.50. The van der Waals surface area contributed by atoms with Gasteiger partial charge in [0.15, 0.2) is 0 Å². The molecule has 58 valence electrons. The van der Waals surface area contributed by atoms with E-state index in [-0.39, 0.29) is 0 Å². The highest BCUT2D eigenvalue weighted by Crippen LogP contribution is 2.12. The van der Waals surface area contributed by atoms with Gasteiger partial charge in [0.2, 0.25) is 0 Å². The van der Waals surface area contributed by atoms with E-state index in [2.05, 4.69) is 17.5 Å². The van der Waals surface area contributed by atoms with Crippen molar-refractivity contribution < 1.29 is 4.74 Å². The van der Waals surface area contributed by atoms with Crippen LogP contribution >= 0.6 is 0 Å². The average Bonchev–Trinajstić information content (AvgIpc) is 2.41. The van der Waals surface area contributed by atoms with Gasteiger partial charge in [-0.3, -0.25) is 0 Å². The minimum Gasteiger partial charge on any atom is -0.374 e. The van der Waals surface area contributed by atoms with Crippen molar-refractivity contribution in [2.45, 2.75) is 18.9 Å². The van der Waals surface area contributed by atoms with Crippen LogP contribution in [0.2, 0.25) is 0 Å². The van der Waals surface area contributed by atoms with Gasteiger partial charge in [-0.2, -0.15) is 0 Å². The van der Waals surface area contributed by atoms with Crippen LogP contribution in [0.1, 0.15) is 12.8 Å². The minimum atomic E-state index is 0.397. The van der Waals surface area contributed by atoms with Gasteiger partial charge >= 0.3 is 0 Å². The molecule has 1 fully saturated rings. The van der Waals surface area contributed by atoms with E-state index in [1.807, 2.05) is 7.05 Å². The van der Waals surface area contributed by atoms with Gasteiger partial charge in [-0.1, -0.05) is 12.2 Å². The Morgan fingerprint density at radius 2 is 2.60 bits per heavy atom. The van der Waals surface area contributed by atoms with E-state index in [1.165, 1.54) is 12.8 Å². The summed E-state index contributed by atoms with van der Waals surface area (Å²) in [7, 11) is 1.94. The lowest BCUT2D eigenvalue weighted by atomic mass is 10.2. The molecule has 0 aromatic rings. The topological polar surface area (TPSA) is 21.3 Å². The van der Waals surface area contributed by atoms with E-state index in [4.69, 9.17) is 4.74 Å². The van der Waals surface area contributed by atoms with Crippen molar-refractivity contribution in [3.05, 3.63) is 12.2 Å². The Morgan fingerprint density at radius 1 is 1.70 bits per heavy atom. The summed E-state index contributed by atoms with van der Waals surface area (Å²) in [5.41, 5.74) is 0. The molecule has 0 spiro atoms. The van der Waals surface area contributed by atoms with E-state index in [1.54, 1.807) is 0 Å². The van der Waals surface area contributed by atoms with Crippen LogP contribution in [0.15, 0.2) is 12.2 Å². The van der Waals surface area contributed by atoms with Gasteiger partial charge in [0.05, 0.1) is 6.10 Å². The fraction of sp³-hybridized carbons (Fsp3) is 0.750. The molecule has 0 aromatic heterocycles. The van der Waals surface area contributed by atoms with Crippen molar-refractivity contribution in [2.24, 2.45) is 0 Å². The first kappa shape index (κ1) is 7.76. The lowest BCUT2D eigenvalue weighted by Gasteiger charge is -2.00. The van der Waals surface area contributed by atoms with Crippen LogP contribution in [0.3, 0.4) is 0 Å². The van der Waals surface area contributed by atoms with Crippen molar-refractivity contribution >= 4 is 0 Å². The maximum atomic E-state index is 5.38. The van der Waals surface area contributed by atoms with E-state index < -0.39 is 0 Å². The molecule has 0 aromatic carbocycles. The van der Waals surface area contributed by atoms with Gasteiger partial charge in [0.1, 0.15) is 0 Å². The Balaban J connectivity index is 2.10. The van der Waals surface area contributed by atoms with Gasteiger partial charge in [0.25, 0.3) is 0 Å². The molecule has 0 aliphatic carbocycles. The van der Waals surface area contributed by atoms with Crippen LogP contribution in [0.4, 0.5) is 0 Å². The quantitative estimate of drug-likeness (QED) is 0.591. The molecule has 1 aliphatic rings. The molecule has 1 saturated heterocycles. The van der Waals surface area contributed by atoms with Crippen molar-refractivity contribution in [2.75, 3.05) is 20.2 Å². The Morgan fingerprint density at radius 3 is 3.20 bits per heavy atom. The predicted octanol–water partition coefficient (Wildman–Crippen LogP) is 0.941. The summed E-state index contributed by atoms with van der Waals surface area (Å²) in [4.78, 5) is 0. The first-order valence-corrected chi connectivity index (χ1v) is 3.86. The van der Waals surface area contributed by atoms with E-state index in [0.29, 0.717) is 6.10 Å². The van der Waals surface area contributed by atoms with Crippen LogP contribution in [-0.2, 0) is 4.74 Å². The Kier molecular flexibility index (Phi) is 3.47. The zero-order chi connectivity index (χ0) is 7.23. The molecule has 0 radical (unpaired) electrons. The summed E-state index contributed by atoms with van der Waals surface area (Å²) in [5, 5.41) is 3.05.